The maximum atomic E-state index is 12.0. The molecule has 21 heavy (non-hydrogen) atoms. The summed E-state index contributed by atoms with van der Waals surface area (Å²) in [7, 11) is 0. The van der Waals surface area contributed by atoms with Crippen LogP contribution in [0.3, 0.4) is 0 Å². The van der Waals surface area contributed by atoms with Crippen molar-refractivity contribution in [2.45, 2.75) is 31.0 Å². The van der Waals surface area contributed by atoms with Gasteiger partial charge in [-0.25, -0.2) is 0 Å². The molecule has 2 aromatic rings. The molecule has 0 aliphatic heterocycles. The van der Waals surface area contributed by atoms with Gasteiger partial charge in [0.2, 0.25) is 5.91 Å². The molecule has 0 atom stereocenters. The van der Waals surface area contributed by atoms with Crippen molar-refractivity contribution in [3.8, 4) is 0 Å². The van der Waals surface area contributed by atoms with E-state index in [1.54, 1.807) is 18.5 Å². The Kier molecular flexibility index (Phi) is 4.17. The summed E-state index contributed by atoms with van der Waals surface area (Å²) in [6.45, 7) is 1.93. The highest BCUT2D eigenvalue weighted by Crippen LogP contribution is 2.37. The molecule has 1 aliphatic carbocycles. The van der Waals surface area contributed by atoms with Crippen molar-refractivity contribution in [1.29, 1.82) is 0 Å². The number of carbonyl (C=O) groups is 1. The smallest absolute Gasteiger partial charge is 0.234 e. The van der Waals surface area contributed by atoms with E-state index in [0.717, 1.165) is 16.4 Å². The van der Waals surface area contributed by atoms with E-state index in [2.05, 4.69) is 15.5 Å². The van der Waals surface area contributed by atoms with Crippen LogP contribution >= 0.6 is 23.4 Å². The standard InChI is InChI=1S/C14H15ClN4OS/c1-9-2-3-10(15)6-12(9)17-13(20)7-21-14-18-16-8-19(14)11-4-5-11/h2-3,6,8,11H,4-5,7H2,1H3,(H,17,20). The number of nitrogens with one attached hydrogen (secondary N) is 1. The third-order valence-corrected chi connectivity index (χ3v) is 4.48. The number of nitrogens with zero attached hydrogens (tertiary/aromatic N) is 3. The second-order valence-corrected chi connectivity index (χ2v) is 6.43. The van der Waals surface area contributed by atoms with Crippen LogP contribution in [0.15, 0.2) is 29.7 Å². The number of thioether (sulfide) groups is 1. The maximum Gasteiger partial charge on any atom is 0.234 e. The minimum absolute atomic E-state index is 0.0734. The van der Waals surface area contributed by atoms with Gasteiger partial charge in [0, 0.05) is 16.8 Å². The summed E-state index contributed by atoms with van der Waals surface area (Å²) in [6, 6.07) is 5.96. The van der Waals surface area contributed by atoms with Gasteiger partial charge < -0.3 is 9.88 Å². The lowest BCUT2D eigenvalue weighted by molar-refractivity contribution is -0.113. The van der Waals surface area contributed by atoms with Crippen LogP contribution < -0.4 is 5.32 Å². The fraction of sp³-hybridized carbons (Fsp3) is 0.357. The molecule has 7 heteroatoms. The molecule has 1 saturated carbocycles. The molecule has 110 valence electrons. The van der Waals surface area contributed by atoms with E-state index in [0.29, 0.717) is 16.8 Å². The Morgan fingerprint density at radius 1 is 1.52 bits per heavy atom. The Labute approximate surface area is 132 Å². The Balaban J connectivity index is 1.59. The van der Waals surface area contributed by atoms with Crippen molar-refractivity contribution < 1.29 is 4.79 Å². The molecule has 1 fully saturated rings. The number of halogens is 1. The Morgan fingerprint density at radius 3 is 3.10 bits per heavy atom. The summed E-state index contributed by atoms with van der Waals surface area (Å²) in [5.41, 5.74) is 1.73. The van der Waals surface area contributed by atoms with Crippen molar-refractivity contribution in [1.82, 2.24) is 14.8 Å². The zero-order valence-electron chi connectivity index (χ0n) is 11.5. The van der Waals surface area contributed by atoms with Crippen molar-refractivity contribution in [3.63, 3.8) is 0 Å². The number of amides is 1. The fourth-order valence-corrected chi connectivity index (χ4v) is 2.94. The zero-order valence-corrected chi connectivity index (χ0v) is 13.1. The van der Waals surface area contributed by atoms with Gasteiger partial charge in [0.05, 0.1) is 5.75 Å². The first-order valence-electron chi connectivity index (χ1n) is 6.72. The number of carbonyl (C=O) groups excluding carboxylic acids is 1. The van der Waals surface area contributed by atoms with Crippen molar-refractivity contribution in [2.75, 3.05) is 11.1 Å². The summed E-state index contributed by atoms with van der Waals surface area (Å²) in [6.07, 6.45) is 4.07. The van der Waals surface area contributed by atoms with Gasteiger partial charge in [-0.1, -0.05) is 29.4 Å². The molecule has 1 heterocycles. The van der Waals surface area contributed by atoms with Gasteiger partial charge in [-0.05, 0) is 37.5 Å². The number of benzene rings is 1. The van der Waals surface area contributed by atoms with E-state index < -0.39 is 0 Å². The predicted octanol–water partition coefficient (Wildman–Crippen LogP) is 3.31. The molecule has 1 N–H and O–H groups in total. The zero-order chi connectivity index (χ0) is 14.8. The molecule has 0 spiro atoms. The fourth-order valence-electron chi connectivity index (χ4n) is 1.98. The molecule has 0 saturated heterocycles. The largest absolute Gasteiger partial charge is 0.325 e. The van der Waals surface area contributed by atoms with Crippen molar-refractivity contribution in [2.24, 2.45) is 0 Å². The van der Waals surface area contributed by atoms with Gasteiger partial charge in [-0.3, -0.25) is 4.79 Å². The molecule has 0 unspecified atom stereocenters. The molecule has 0 radical (unpaired) electrons. The number of aromatic nitrogens is 3. The molecule has 0 bridgehead atoms. The van der Waals surface area contributed by atoms with Gasteiger partial charge in [-0.2, -0.15) is 0 Å². The van der Waals surface area contributed by atoms with Crippen LogP contribution in [0.1, 0.15) is 24.4 Å². The number of rotatable bonds is 5. The SMILES string of the molecule is Cc1ccc(Cl)cc1NC(=O)CSc1nncn1C1CC1. The van der Waals surface area contributed by atoms with Crippen LogP contribution in [-0.2, 0) is 4.79 Å². The first-order valence-corrected chi connectivity index (χ1v) is 8.08. The summed E-state index contributed by atoms with van der Waals surface area (Å²) < 4.78 is 2.04. The third kappa shape index (κ3) is 3.57. The monoisotopic (exact) mass is 322 g/mol. The van der Waals surface area contributed by atoms with Crippen LogP contribution in [0.4, 0.5) is 5.69 Å². The number of hydrogen-bond acceptors (Lipinski definition) is 4. The number of anilines is 1. The molecule has 1 aliphatic rings. The number of aryl methyl sites for hydroxylation is 1. The normalized spacial score (nSPS) is 14.2. The summed E-state index contributed by atoms with van der Waals surface area (Å²) in [5.74, 6) is 0.230. The Bertz CT molecular complexity index is 669. The lowest BCUT2D eigenvalue weighted by Gasteiger charge is -2.09. The molecule has 3 rings (SSSR count). The third-order valence-electron chi connectivity index (χ3n) is 3.29. The van der Waals surface area contributed by atoms with Gasteiger partial charge in [0.15, 0.2) is 5.16 Å². The van der Waals surface area contributed by atoms with E-state index >= 15 is 0 Å². The van der Waals surface area contributed by atoms with E-state index in [1.165, 1.54) is 24.6 Å². The average Bonchev–Trinajstić information content (AvgIpc) is 3.19. The molecule has 1 aromatic heterocycles. The van der Waals surface area contributed by atoms with Gasteiger partial charge >= 0.3 is 0 Å². The van der Waals surface area contributed by atoms with E-state index in [9.17, 15) is 4.79 Å². The van der Waals surface area contributed by atoms with E-state index in [4.69, 9.17) is 11.6 Å². The highest BCUT2D eigenvalue weighted by Gasteiger charge is 2.26. The first-order chi connectivity index (χ1) is 10.1. The Morgan fingerprint density at radius 2 is 2.33 bits per heavy atom. The molecular formula is C14H15ClN4OS. The molecule has 1 amide bonds. The van der Waals surface area contributed by atoms with Crippen LogP contribution in [0.25, 0.3) is 0 Å². The van der Waals surface area contributed by atoms with Crippen LogP contribution in [0.5, 0.6) is 0 Å². The maximum absolute atomic E-state index is 12.0. The van der Waals surface area contributed by atoms with Gasteiger partial charge in [0.1, 0.15) is 6.33 Å². The van der Waals surface area contributed by atoms with E-state index in [1.807, 2.05) is 17.6 Å². The lowest BCUT2D eigenvalue weighted by atomic mass is 10.2. The molecular weight excluding hydrogens is 308 g/mol. The minimum Gasteiger partial charge on any atom is -0.325 e. The predicted molar refractivity (Wildman–Crippen MR) is 83.8 cm³/mol. The lowest BCUT2D eigenvalue weighted by Crippen LogP contribution is -2.15. The molecule has 5 nitrogen and oxygen atoms in total. The highest BCUT2D eigenvalue weighted by atomic mass is 35.5. The summed E-state index contributed by atoms with van der Waals surface area (Å²) in [5, 5.41) is 12.3. The second kappa shape index (κ2) is 6.07. The highest BCUT2D eigenvalue weighted by molar-refractivity contribution is 7.99. The quantitative estimate of drug-likeness (QED) is 0.858. The Hall–Kier alpha value is -1.53. The molecule has 1 aromatic carbocycles. The van der Waals surface area contributed by atoms with Gasteiger partial charge in [-0.15, -0.1) is 10.2 Å². The summed E-state index contributed by atoms with van der Waals surface area (Å²) >= 11 is 7.35. The van der Waals surface area contributed by atoms with Crippen LogP contribution in [0, 0.1) is 6.92 Å². The summed E-state index contributed by atoms with van der Waals surface area (Å²) in [4.78, 5) is 12.0. The van der Waals surface area contributed by atoms with Crippen LogP contribution in [0.2, 0.25) is 5.02 Å². The average molecular weight is 323 g/mol. The minimum atomic E-state index is -0.0734. The first kappa shape index (κ1) is 14.4. The van der Waals surface area contributed by atoms with Crippen LogP contribution in [-0.4, -0.2) is 26.4 Å². The topological polar surface area (TPSA) is 59.8 Å². The van der Waals surface area contributed by atoms with Crippen molar-refractivity contribution in [3.05, 3.63) is 35.1 Å². The van der Waals surface area contributed by atoms with Crippen molar-refractivity contribution >= 4 is 35.0 Å². The second-order valence-electron chi connectivity index (χ2n) is 5.05. The van der Waals surface area contributed by atoms with Gasteiger partial charge in [0.25, 0.3) is 0 Å². The van der Waals surface area contributed by atoms with E-state index in [-0.39, 0.29) is 5.91 Å². The number of hydrogen-bond donors (Lipinski definition) is 1.